The fourth-order valence-electron chi connectivity index (χ4n) is 1.76. The lowest BCUT2D eigenvalue weighted by Crippen LogP contribution is -2.04. The Balaban J connectivity index is 2.23. The van der Waals surface area contributed by atoms with Crippen molar-refractivity contribution < 1.29 is 17.7 Å². The molecule has 0 heterocycles. The molecule has 1 unspecified atom stereocenters. The van der Waals surface area contributed by atoms with Crippen molar-refractivity contribution in [2.45, 2.75) is 12.7 Å². The average Bonchev–Trinajstić information content (AvgIpc) is 2.44. The molecule has 0 aliphatic carbocycles. The first-order valence-corrected chi connectivity index (χ1v) is 9.15. The largest absolute Gasteiger partial charge is 0.453 e. The van der Waals surface area contributed by atoms with Gasteiger partial charge in [-0.1, -0.05) is 13.0 Å². The normalized spacial score (nSPS) is 13.6. The zero-order chi connectivity index (χ0) is 16.3. The third-order valence-corrected chi connectivity index (χ3v) is 5.33. The molecule has 3 nitrogen and oxygen atoms in total. The number of nitrogens with one attached hydrogen (secondary N) is 1. The Morgan fingerprint density at radius 1 is 1.18 bits per heavy atom. The van der Waals surface area contributed by atoms with E-state index in [9.17, 15) is 13.0 Å². The van der Waals surface area contributed by atoms with Crippen molar-refractivity contribution in [2.75, 3.05) is 5.75 Å². The summed E-state index contributed by atoms with van der Waals surface area (Å²) in [6, 6.07) is 8.00. The smallest absolute Gasteiger partial charge is 0.168 e. The number of ether oxygens (including phenoxy) is 1. The van der Waals surface area contributed by atoms with Crippen molar-refractivity contribution in [3.63, 3.8) is 0 Å². The molecule has 0 bridgehead atoms. The van der Waals surface area contributed by atoms with Crippen molar-refractivity contribution in [3.05, 3.63) is 58.1 Å². The van der Waals surface area contributed by atoms with Crippen molar-refractivity contribution in [1.82, 2.24) is 0 Å². The van der Waals surface area contributed by atoms with E-state index in [2.05, 4.69) is 15.9 Å². The quantitative estimate of drug-likeness (QED) is 0.774. The predicted octanol–water partition coefficient (Wildman–Crippen LogP) is 5.09. The van der Waals surface area contributed by atoms with Gasteiger partial charge in [-0.05, 0) is 45.8 Å². The summed E-state index contributed by atoms with van der Waals surface area (Å²) in [6.07, 6.45) is 0. The molecule has 118 valence electrons. The summed E-state index contributed by atoms with van der Waals surface area (Å²) >= 11 is 3.30. The van der Waals surface area contributed by atoms with Gasteiger partial charge >= 0.3 is 0 Å². The zero-order valence-electron chi connectivity index (χ0n) is 11.7. The Labute approximate surface area is 136 Å². The Morgan fingerprint density at radius 3 is 2.45 bits per heavy atom. The van der Waals surface area contributed by atoms with E-state index in [1.807, 2.05) is 0 Å². The molecule has 0 amide bonds. The highest BCUT2D eigenvalue weighted by Gasteiger charge is 2.11. The molecular formula is C15H14BrF2NO2S. The van der Waals surface area contributed by atoms with Crippen LogP contribution in [0.15, 0.2) is 40.9 Å². The molecule has 0 aromatic heterocycles. The Morgan fingerprint density at radius 2 is 1.86 bits per heavy atom. The van der Waals surface area contributed by atoms with Gasteiger partial charge < -0.3 is 4.74 Å². The highest BCUT2D eigenvalue weighted by Crippen LogP contribution is 2.32. The number of rotatable bonds is 5. The van der Waals surface area contributed by atoms with E-state index in [4.69, 9.17) is 9.52 Å². The van der Waals surface area contributed by atoms with Gasteiger partial charge in [-0.2, -0.15) is 0 Å². The van der Waals surface area contributed by atoms with Crippen LogP contribution in [0.25, 0.3) is 0 Å². The minimum Gasteiger partial charge on any atom is -0.453 e. The average molecular weight is 390 g/mol. The van der Waals surface area contributed by atoms with E-state index < -0.39 is 21.4 Å². The van der Waals surface area contributed by atoms with Crippen LogP contribution in [0.5, 0.6) is 11.5 Å². The molecule has 0 saturated carbocycles. The molecule has 22 heavy (non-hydrogen) atoms. The first-order valence-electron chi connectivity index (χ1n) is 6.46. The third-order valence-electron chi connectivity index (χ3n) is 2.98. The van der Waals surface area contributed by atoms with Crippen LogP contribution in [0.4, 0.5) is 8.78 Å². The van der Waals surface area contributed by atoms with E-state index in [1.165, 1.54) is 6.07 Å². The summed E-state index contributed by atoms with van der Waals surface area (Å²) in [5.41, 5.74) is 0.723. The van der Waals surface area contributed by atoms with E-state index in [0.717, 1.165) is 17.7 Å². The molecule has 0 radical (unpaired) electrons. The van der Waals surface area contributed by atoms with Crippen molar-refractivity contribution in [2.24, 2.45) is 0 Å². The molecule has 0 aliphatic heterocycles. The summed E-state index contributed by atoms with van der Waals surface area (Å²) < 4.78 is 51.9. The fraction of sp³-hybridized carbons (Fsp3) is 0.200. The number of hydrogen-bond donors (Lipinski definition) is 1. The van der Waals surface area contributed by atoms with Gasteiger partial charge in [0.1, 0.15) is 11.6 Å². The second-order valence-corrected chi connectivity index (χ2v) is 8.03. The van der Waals surface area contributed by atoms with Crippen LogP contribution in [0.2, 0.25) is 0 Å². The highest BCUT2D eigenvalue weighted by atomic mass is 79.9. The summed E-state index contributed by atoms with van der Waals surface area (Å²) in [5.74, 6) is -0.785. The SMILES string of the molecule is CCS(=N)(=O)Cc1ccc(Oc2ccc(F)cc2F)c(Br)c1. The van der Waals surface area contributed by atoms with Gasteiger partial charge in [-0.25, -0.2) is 13.0 Å². The van der Waals surface area contributed by atoms with E-state index in [0.29, 0.717) is 10.2 Å². The molecule has 2 aromatic rings. The highest BCUT2D eigenvalue weighted by molar-refractivity contribution is 9.10. The Hall–Kier alpha value is -1.47. The number of hydrogen-bond acceptors (Lipinski definition) is 3. The maximum Gasteiger partial charge on any atom is 0.168 e. The topological polar surface area (TPSA) is 50.2 Å². The lowest BCUT2D eigenvalue weighted by Gasteiger charge is -2.11. The van der Waals surface area contributed by atoms with Gasteiger partial charge in [0, 0.05) is 21.5 Å². The minimum atomic E-state index is -2.64. The van der Waals surface area contributed by atoms with Gasteiger partial charge in [0.2, 0.25) is 0 Å². The molecule has 1 N–H and O–H groups in total. The summed E-state index contributed by atoms with van der Waals surface area (Å²) in [6.45, 7) is 1.71. The fourth-order valence-corrected chi connectivity index (χ4v) is 3.19. The van der Waals surface area contributed by atoms with E-state index in [-0.39, 0.29) is 17.3 Å². The molecular weight excluding hydrogens is 376 g/mol. The Kier molecular flexibility index (Phi) is 5.18. The number of halogens is 3. The van der Waals surface area contributed by atoms with Crippen LogP contribution in [-0.4, -0.2) is 9.96 Å². The molecule has 0 saturated heterocycles. The predicted molar refractivity (Wildman–Crippen MR) is 85.7 cm³/mol. The summed E-state index contributed by atoms with van der Waals surface area (Å²) in [5, 5.41) is 0. The molecule has 2 rings (SSSR count). The lowest BCUT2D eigenvalue weighted by atomic mass is 10.2. The van der Waals surface area contributed by atoms with Crippen LogP contribution in [0.1, 0.15) is 12.5 Å². The molecule has 0 fully saturated rings. The molecule has 0 aliphatic rings. The first-order chi connectivity index (χ1) is 10.3. The molecule has 7 heteroatoms. The second-order valence-electron chi connectivity index (χ2n) is 4.69. The number of benzene rings is 2. The standard InChI is InChI=1S/C15H14BrF2NO2S/c1-2-22(19,20)9-10-3-5-14(12(16)7-10)21-15-6-4-11(17)8-13(15)18/h3-8,19H,2,9H2,1H3. The summed E-state index contributed by atoms with van der Waals surface area (Å²) in [4.78, 5) is 0. The molecule has 1 atom stereocenters. The molecule has 0 spiro atoms. The van der Waals surface area contributed by atoms with Crippen LogP contribution in [0.3, 0.4) is 0 Å². The maximum atomic E-state index is 13.6. The van der Waals surface area contributed by atoms with Crippen LogP contribution in [0, 0.1) is 16.4 Å². The monoisotopic (exact) mass is 389 g/mol. The first kappa shape index (κ1) is 16.9. The maximum absolute atomic E-state index is 13.6. The zero-order valence-corrected chi connectivity index (χ0v) is 14.1. The second kappa shape index (κ2) is 6.75. The van der Waals surface area contributed by atoms with E-state index in [1.54, 1.807) is 25.1 Å². The minimum absolute atomic E-state index is 0.0901. The van der Waals surface area contributed by atoms with Crippen LogP contribution >= 0.6 is 15.9 Å². The lowest BCUT2D eigenvalue weighted by molar-refractivity contribution is 0.435. The third kappa shape index (κ3) is 4.27. The van der Waals surface area contributed by atoms with Gasteiger partial charge in [-0.3, -0.25) is 4.78 Å². The molecule has 2 aromatic carbocycles. The van der Waals surface area contributed by atoms with Crippen molar-refractivity contribution in [3.8, 4) is 11.5 Å². The van der Waals surface area contributed by atoms with Gasteiger partial charge in [0.15, 0.2) is 11.6 Å². The summed E-state index contributed by atoms with van der Waals surface area (Å²) in [7, 11) is -2.64. The van der Waals surface area contributed by atoms with E-state index >= 15 is 0 Å². The van der Waals surface area contributed by atoms with Crippen LogP contribution < -0.4 is 4.74 Å². The van der Waals surface area contributed by atoms with Crippen molar-refractivity contribution >= 4 is 25.7 Å². The van der Waals surface area contributed by atoms with Crippen molar-refractivity contribution in [1.29, 1.82) is 4.78 Å². The van der Waals surface area contributed by atoms with Gasteiger partial charge in [-0.15, -0.1) is 0 Å². The van der Waals surface area contributed by atoms with Crippen LogP contribution in [-0.2, 0) is 15.5 Å². The Bertz CT molecular complexity index is 794. The van der Waals surface area contributed by atoms with Gasteiger partial charge in [0.25, 0.3) is 0 Å². The van der Waals surface area contributed by atoms with Gasteiger partial charge in [0.05, 0.1) is 10.2 Å².